The highest BCUT2D eigenvalue weighted by Gasteiger charge is 2.27. The van der Waals surface area contributed by atoms with E-state index in [9.17, 15) is 9.59 Å². The van der Waals surface area contributed by atoms with Gasteiger partial charge >= 0.3 is 0 Å². The van der Waals surface area contributed by atoms with Gasteiger partial charge in [0.05, 0.1) is 22.2 Å². The van der Waals surface area contributed by atoms with Gasteiger partial charge < -0.3 is 5.32 Å². The summed E-state index contributed by atoms with van der Waals surface area (Å²) >= 11 is 1.19. The maximum absolute atomic E-state index is 12.3. The van der Waals surface area contributed by atoms with Gasteiger partial charge in [-0.15, -0.1) is 0 Å². The molecule has 0 spiro atoms. The van der Waals surface area contributed by atoms with Crippen LogP contribution in [0.15, 0.2) is 47.7 Å². The molecule has 2 aliphatic rings. The first-order valence-electron chi connectivity index (χ1n) is 7.75. The predicted molar refractivity (Wildman–Crippen MR) is 99.3 cm³/mol. The van der Waals surface area contributed by atoms with E-state index in [0.717, 1.165) is 28.2 Å². The molecule has 2 N–H and O–H groups in total. The average molecular weight is 350 g/mol. The van der Waals surface area contributed by atoms with Gasteiger partial charge in [0.25, 0.3) is 11.1 Å². The fourth-order valence-corrected chi connectivity index (χ4v) is 3.56. The molecule has 1 aromatic carbocycles. The number of carbonyl (C=O) groups excluding carboxylic acids is 2. The molecule has 0 saturated heterocycles. The van der Waals surface area contributed by atoms with Crippen LogP contribution in [-0.2, 0) is 4.79 Å². The maximum Gasteiger partial charge on any atom is 0.299 e. The lowest BCUT2D eigenvalue weighted by molar-refractivity contribution is -0.110. The molecule has 4 rings (SSSR count). The minimum atomic E-state index is -0.162. The van der Waals surface area contributed by atoms with E-state index >= 15 is 0 Å². The van der Waals surface area contributed by atoms with E-state index in [4.69, 9.17) is 0 Å². The average Bonchev–Trinajstić information content (AvgIpc) is 2.91. The minimum Gasteiger partial charge on any atom is -0.321 e. The molecule has 2 aromatic rings. The molecule has 25 heavy (non-hydrogen) atoms. The van der Waals surface area contributed by atoms with Crippen LogP contribution < -0.4 is 10.7 Å². The number of pyridine rings is 1. The Hall–Kier alpha value is -2.93. The van der Waals surface area contributed by atoms with Crippen LogP contribution in [0, 0.1) is 0 Å². The fraction of sp³-hybridized carbons (Fsp3) is 0.111. The lowest BCUT2D eigenvalue weighted by Crippen LogP contribution is -2.29. The molecular weight excluding hydrogens is 336 g/mol. The van der Waals surface area contributed by atoms with Crippen LogP contribution in [0.5, 0.6) is 0 Å². The van der Waals surface area contributed by atoms with Crippen LogP contribution in [0.3, 0.4) is 0 Å². The fourth-order valence-electron chi connectivity index (χ4n) is 2.84. The molecule has 3 heterocycles. The second-order valence-electron chi connectivity index (χ2n) is 5.68. The van der Waals surface area contributed by atoms with E-state index in [-0.39, 0.29) is 16.4 Å². The summed E-state index contributed by atoms with van der Waals surface area (Å²) in [6, 6.07) is 11.2. The molecule has 0 saturated carbocycles. The normalized spacial score (nSPS) is 20.8. The summed E-state index contributed by atoms with van der Waals surface area (Å²) in [4.78, 5) is 28.0. The van der Waals surface area contributed by atoms with Gasteiger partial charge in [0.2, 0.25) is 0 Å². The van der Waals surface area contributed by atoms with Crippen LogP contribution in [0.4, 0.5) is 10.5 Å². The predicted octanol–water partition coefficient (Wildman–Crippen LogP) is 3.12. The van der Waals surface area contributed by atoms with Crippen molar-refractivity contribution < 1.29 is 9.59 Å². The standard InChI is InChI=1S/C18H14N4O2S/c1-10-16(21-22-18(24)25-10)11-5-6-15-13(8-11)14(17(23)20-15)9-12-4-2-3-7-19-12/h2-10H,1H3,(H,20,23)(H,22,24)/b14-9-. The SMILES string of the molecule is CC1SC(=O)NN=C1c1ccc2c(c1)/C(=C/c1ccccn1)C(=O)N2. The number of nitrogens with one attached hydrogen (secondary N) is 2. The Morgan fingerprint density at radius 1 is 1.20 bits per heavy atom. The van der Waals surface area contributed by atoms with E-state index < -0.39 is 0 Å². The smallest absolute Gasteiger partial charge is 0.299 e. The van der Waals surface area contributed by atoms with Crippen molar-refractivity contribution in [3.8, 4) is 0 Å². The molecule has 124 valence electrons. The van der Waals surface area contributed by atoms with Crippen molar-refractivity contribution in [2.75, 3.05) is 5.32 Å². The van der Waals surface area contributed by atoms with Gasteiger partial charge in [0.1, 0.15) is 0 Å². The van der Waals surface area contributed by atoms with Gasteiger partial charge in [-0.05, 0) is 42.8 Å². The Morgan fingerprint density at radius 3 is 2.84 bits per heavy atom. The summed E-state index contributed by atoms with van der Waals surface area (Å²) in [6.45, 7) is 1.93. The largest absolute Gasteiger partial charge is 0.321 e. The summed E-state index contributed by atoms with van der Waals surface area (Å²) in [7, 11) is 0. The number of hydrazone groups is 1. The number of nitrogens with zero attached hydrogens (tertiary/aromatic N) is 2. The lowest BCUT2D eigenvalue weighted by Gasteiger charge is -2.18. The highest BCUT2D eigenvalue weighted by molar-refractivity contribution is 8.14. The molecule has 2 amide bonds. The molecule has 6 nitrogen and oxygen atoms in total. The summed E-state index contributed by atoms with van der Waals surface area (Å²) in [6.07, 6.45) is 3.46. The van der Waals surface area contributed by atoms with Crippen molar-refractivity contribution in [3.05, 3.63) is 59.4 Å². The van der Waals surface area contributed by atoms with Crippen LogP contribution in [0.2, 0.25) is 0 Å². The van der Waals surface area contributed by atoms with E-state index in [1.807, 2.05) is 43.3 Å². The Balaban J connectivity index is 1.76. The van der Waals surface area contributed by atoms with Crippen LogP contribution in [0.1, 0.15) is 23.7 Å². The number of aromatic nitrogens is 1. The molecular formula is C18H14N4O2S. The summed E-state index contributed by atoms with van der Waals surface area (Å²) in [5.41, 5.74) is 7.01. The zero-order valence-corrected chi connectivity index (χ0v) is 14.1. The van der Waals surface area contributed by atoms with E-state index in [1.165, 1.54) is 11.8 Å². The molecule has 1 atom stereocenters. The molecule has 0 radical (unpaired) electrons. The van der Waals surface area contributed by atoms with Crippen LogP contribution >= 0.6 is 11.8 Å². The van der Waals surface area contributed by atoms with Crippen molar-refractivity contribution in [1.29, 1.82) is 0 Å². The molecule has 0 aliphatic carbocycles. The van der Waals surface area contributed by atoms with Crippen molar-refractivity contribution in [3.63, 3.8) is 0 Å². The molecule has 0 bridgehead atoms. The Morgan fingerprint density at radius 2 is 2.08 bits per heavy atom. The third-order valence-corrected chi connectivity index (χ3v) is 4.90. The topological polar surface area (TPSA) is 83.5 Å². The first-order valence-corrected chi connectivity index (χ1v) is 8.63. The number of benzene rings is 1. The van der Waals surface area contributed by atoms with Crippen molar-refractivity contribution >= 4 is 46.0 Å². The second-order valence-corrected chi connectivity index (χ2v) is 7.00. The summed E-state index contributed by atoms with van der Waals surface area (Å²) in [5.74, 6) is -0.154. The van der Waals surface area contributed by atoms with Gasteiger partial charge in [-0.25, -0.2) is 5.43 Å². The van der Waals surface area contributed by atoms with E-state index in [0.29, 0.717) is 5.57 Å². The zero-order valence-electron chi connectivity index (χ0n) is 13.3. The second kappa shape index (κ2) is 6.18. The monoisotopic (exact) mass is 350 g/mol. The number of hydrogen-bond donors (Lipinski definition) is 2. The summed E-state index contributed by atoms with van der Waals surface area (Å²) in [5, 5.41) is 6.82. The van der Waals surface area contributed by atoms with Gasteiger partial charge in [0, 0.05) is 17.4 Å². The number of rotatable bonds is 2. The Kier molecular flexibility index (Phi) is 3.85. The van der Waals surface area contributed by atoms with Crippen molar-refractivity contribution in [2.45, 2.75) is 12.2 Å². The van der Waals surface area contributed by atoms with Gasteiger partial charge in [0.15, 0.2) is 0 Å². The van der Waals surface area contributed by atoms with Gasteiger partial charge in [-0.2, -0.15) is 5.10 Å². The number of thioether (sulfide) groups is 1. The molecule has 2 aliphatic heterocycles. The quantitative estimate of drug-likeness (QED) is 0.815. The van der Waals surface area contributed by atoms with Crippen molar-refractivity contribution in [2.24, 2.45) is 5.10 Å². The Labute approximate surface area is 148 Å². The van der Waals surface area contributed by atoms with E-state index in [1.54, 1.807) is 12.3 Å². The molecule has 1 unspecified atom stereocenters. The number of anilines is 1. The van der Waals surface area contributed by atoms with E-state index in [2.05, 4.69) is 20.8 Å². The first-order chi connectivity index (χ1) is 12.1. The number of carbonyl (C=O) groups is 2. The van der Waals surface area contributed by atoms with Crippen molar-refractivity contribution in [1.82, 2.24) is 10.4 Å². The first kappa shape index (κ1) is 15.6. The molecule has 0 fully saturated rings. The zero-order chi connectivity index (χ0) is 17.4. The van der Waals surface area contributed by atoms with Crippen LogP contribution in [-0.4, -0.2) is 27.1 Å². The summed E-state index contributed by atoms with van der Waals surface area (Å²) < 4.78 is 0. The maximum atomic E-state index is 12.3. The number of amides is 2. The number of hydrogen-bond acceptors (Lipinski definition) is 5. The highest BCUT2D eigenvalue weighted by atomic mass is 32.2. The van der Waals surface area contributed by atoms with Crippen LogP contribution in [0.25, 0.3) is 11.6 Å². The van der Waals surface area contributed by atoms with Gasteiger partial charge in [-0.3, -0.25) is 14.6 Å². The minimum absolute atomic E-state index is 0.0555. The third kappa shape index (κ3) is 2.94. The van der Waals surface area contributed by atoms with Gasteiger partial charge in [-0.1, -0.05) is 23.9 Å². The lowest BCUT2D eigenvalue weighted by atomic mass is 9.99. The molecule has 1 aromatic heterocycles. The number of fused-ring (bicyclic) bond motifs is 1. The Bertz CT molecular complexity index is 937. The highest BCUT2D eigenvalue weighted by Crippen LogP contribution is 2.34. The third-order valence-electron chi connectivity index (χ3n) is 4.01. The molecule has 7 heteroatoms.